The van der Waals surface area contributed by atoms with Gasteiger partial charge in [-0.1, -0.05) is 36.1 Å². The molecule has 26 heavy (non-hydrogen) atoms. The van der Waals surface area contributed by atoms with Crippen molar-refractivity contribution in [1.29, 1.82) is 0 Å². The summed E-state index contributed by atoms with van der Waals surface area (Å²) in [5.41, 5.74) is 5.71. The molecule has 4 nitrogen and oxygen atoms in total. The molecule has 2 N–H and O–H groups in total. The van der Waals surface area contributed by atoms with Gasteiger partial charge in [0.2, 0.25) is 0 Å². The van der Waals surface area contributed by atoms with Gasteiger partial charge in [-0.3, -0.25) is 9.78 Å². The van der Waals surface area contributed by atoms with Crippen LogP contribution in [0.25, 0.3) is 10.8 Å². The Morgan fingerprint density at radius 1 is 1.08 bits per heavy atom. The summed E-state index contributed by atoms with van der Waals surface area (Å²) < 4.78 is 41.0. The van der Waals surface area contributed by atoms with Gasteiger partial charge in [0.1, 0.15) is 5.75 Å². The Kier molecular flexibility index (Phi) is 4.50. The maximum atomic E-state index is 12.4. The van der Waals surface area contributed by atoms with E-state index in [-0.39, 0.29) is 0 Å². The fourth-order valence-corrected chi connectivity index (χ4v) is 2.37. The number of fused-ring (bicyclic) bond motifs is 1. The molecule has 1 amide bonds. The van der Waals surface area contributed by atoms with Crippen LogP contribution in [0.1, 0.15) is 21.5 Å². The first-order valence-electron chi connectivity index (χ1n) is 7.38. The molecular formula is C19H11F3N2O2. The van der Waals surface area contributed by atoms with Crippen molar-refractivity contribution in [3.63, 3.8) is 0 Å². The van der Waals surface area contributed by atoms with Gasteiger partial charge in [0.05, 0.1) is 11.1 Å². The molecular weight excluding hydrogens is 345 g/mol. The molecule has 130 valence electrons. The summed E-state index contributed by atoms with van der Waals surface area (Å²) in [5, 5.41) is 1.80. The number of benzene rings is 2. The van der Waals surface area contributed by atoms with Gasteiger partial charge in [-0.2, -0.15) is 0 Å². The predicted octanol–water partition coefficient (Wildman–Crippen LogP) is 3.63. The molecule has 1 aromatic heterocycles. The molecule has 0 spiro atoms. The second kappa shape index (κ2) is 6.76. The van der Waals surface area contributed by atoms with E-state index in [1.165, 1.54) is 6.07 Å². The summed E-state index contributed by atoms with van der Waals surface area (Å²) in [6.45, 7) is 0. The monoisotopic (exact) mass is 356 g/mol. The SMILES string of the molecule is NC(=O)c1cc(C#Cc2cncc3ccccc23)ccc1OC(F)(F)F. The van der Waals surface area contributed by atoms with Crippen molar-refractivity contribution in [1.82, 2.24) is 4.98 Å². The zero-order chi connectivity index (χ0) is 18.7. The Bertz CT molecular complexity index is 1040. The Labute approximate surface area is 146 Å². The molecule has 0 fully saturated rings. The summed E-state index contributed by atoms with van der Waals surface area (Å²) in [7, 11) is 0. The molecule has 3 rings (SSSR count). The molecule has 0 radical (unpaired) electrons. The highest BCUT2D eigenvalue weighted by Crippen LogP contribution is 2.27. The summed E-state index contributed by atoms with van der Waals surface area (Å²) in [6.07, 6.45) is -1.63. The molecule has 3 aromatic rings. The lowest BCUT2D eigenvalue weighted by molar-refractivity contribution is -0.274. The normalized spacial score (nSPS) is 10.9. The topological polar surface area (TPSA) is 65.2 Å². The first kappa shape index (κ1) is 17.3. The summed E-state index contributed by atoms with van der Waals surface area (Å²) in [4.78, 5) is 15.5. The summed E-state index contributed by atoms with van der Waals surface area (Å²) in [6, 6.07) is 11.0. The van der Waals surface area contributed by atoms with Crippen molar-refractivity contribution in [3.8, 4) is 17.6 Å². The highest BCUT2D eigenvalue weighted by Gasteiger charge is 2.32. The second-order valence-corrected chi connectivity index (χ2v) is 5.28. The van der Waals surface area contributed by atoms with Gasteiger partial charge in [0, 0.05) is 28.7 Å². The molecule has 1 heterocycles. The van der Waals surface area contributed by atoms with E-state index in [1.54, 1.807) is 12.4 Å². The fourth-order valence-electron chi connectivity index (χ4n) is 2.37. The number of carbonyl (C=O) groups is 1. The van der Waals surface area contributed by atoms with E-state index in [0.717, 1.165) is 22.9 Å². The minimum atomic E-state index is -4.92. The van der Waals surface area contributed by atoms with Crippen molar-refractivity contribution in [3.05, 3.63) is 71.5 Å². The number of aromatic nitrogens is 1. The lowest BCUT2D eigenvalue weighted by Crippen LogP contribution is -2.21. The minimum Gasteiger partial charge on any atom is -0.405 e. The molecule has 0 aliphatic rings. The summed E-state index contributed by atoms with van der Waals surface area (Å²) >= 11 is 0. The van der Waals surface area contributed by atoms with E-state index >= 15 is 0 Å². The first-order valence-corrected chi connectivity index (χ1v) is 7.38. The number of ether oxygens (including phenoxy) is 1. The highest BCUT2D eigenvalue weighted by molar-refractivity contribution is 5.96. The van der Waals surface area contributed by atoms with Crippen molar-refractivity contribution in [2.75, 3.05) is 0 Å². The molecule has 0 aliphatic carbocycles. The smallest absolute Gasteiger partial charge is 0.405 e. The Hall–Kier alpha value is -3.53. The number of alkyl halides is 3. The van der Waals surface area contributed by atoms with Crippen LogP contribution in [0.3, 0.4) is 0 Å². The molecule has 0 bridgehead atoms. The molecule has 0 atom stereocenters. The molecule has 0 unspecified atom stereocenters. The Morgan fingerprint density at radius 3 is 2.58 bits per heavy atom. The second-order valence-electron chi connectivity index (χ2n) is 5.28. The Morgan fingerprint density at radius 2 is 1.85 bits per heavy atom. The number of nitrogens with zero attached hydrogens (tertiary/aromatic N) is 1. The standard InChI is InChI=1S/C19H11F3N2O2/c20-19(21,22)26-17-8-6-12(9-16(17)18(23)25)5-7-14-11-24-10-13-3-1-2-4-15(13)14/h1-4,6,8-11H,(H2,23,25). The fraction of sp³-hybridized carbons (Fsp3) is 0.0526. The van der Waals surface area contributed by atoms with Gasteiger partial charge in [0.25, 0.3) is 5.91 Å². The molecule has 0 saturated heterocycles. The summed E-state index contributed by atoms with van der Waals surface area (Å²) in [5.74, 6) is 4.01. The number of nitrogens with two attached hydrogens (primary N) is 1. The molecule has 2 aromatic carbocycles. The average molecular weight is 356 g/mol. The number of primary amides is 1. The average Bonchev–Trinajstić information content (AvgIpc) is 2.59. The van der Waals surface area contributed by atoms with Crippen molar-refractivity contribution < 1.29 is 22.7 Å². The van der Waals surface area contributed by atoms with Crippen LogP contribution >= 0.6 is 0 Å². The number of pyridine rings is 1. The maximum absolute atomic E-state index is 12.4. The number of rotatable bonds is 2. The number of carbonyl (C=O) groups excluding carboxylic acids is 1. The van der Waals surface area contributed by atoms with Crippen LogP contribution in [-0.4, -0.2) is 17.3 Å². The first-order chi connectivity index (χ1) is 12.3. The third-order valence-corrected chi connectivity index (χ3v) is 3.48. The number of amides is 1. The number of hydrogen-bond acceptors (Lipinski definition) is 3. The largest absolute Gasteiger partial charge is 0.573 e. The van der Waals surface area contributed by atoms with Gasteiger partial charge < -0.3 is 10.5 Å². The molecule has 0 saturated carbocycles. The van der Waals surface area contributed by atoms with Gasteiger partial charge in [0.15, 0.2) is 0 Å². The van der Waals surface area contributed by atoms with Gasteiger partial charge in [-0.05, 0) is 18.2 Å². The van der Waals surface area contributed by atoms with Crippen LogP contribution in [0.4, 0.5) is 13.2 Å². The lowest BCUT2D eigenvalue weighted by atomic mass is 10.1. The number of halogens is 3. The van der Waals surface area contributed by atoms with Gasteiger partial charge in [-0.25, -0.2) is 0 Å². The zero-order valence-corrected chi connectivity index (χ0v) is 13.2. The lowest BCUT2D eigenvalue weighted by Gasteiger charge is -2.11. The van der Waals surface area contributed by atoms with E-state index in [2.05, 4.69) is 21.6 Å². The molecule has 0 aliphatic heterocycles. The van der Waals surface area contributed by atoms with Crippen molar-refractivity contribution in [2.45, 2.75) is 6.36 Å². The van der Waals surface area contributed by atoms with Crippen LogP contribution in [0, 0.1) is 11.8 Å². The highest BCUT2D eigenvalue weighted by atomic mass is 19.4. The van der Waals surface area contributed by atoms with E-state index < -0.39 is 23.6 Å². The van der Waals surface area contributed by atoms with E-state index in [1.807, 2.05) is 24.3 Å². The number of hydrogen-bond donors (Lipinski definition) is 1. The minimum absolute atomic E-state index is 0.321. The van der Waals surface area contributed by atoms with Crippen LogP contribution in [0.5, 0.6) is 5.75 Å². The zero-order valence-electron chi connectivity index (χ0n) is 13.2. The third-order valence-electron chi connectivity index (χ3n) is 3.48. The van der Waals surface area contributed by atoms with Crippen LogP contribution in [0.15, 0.2) is 54.9 Å². The van der Waals surface area contributed by atoms with E-state index in [4.69, 9.17) is 5.73 Å². The van der Waals surface area contributed by atoms with Crippen molar-refractivity contribution >= 4 is 16.7 Å². The molecule has 7 heteroatoms. The van der Waals surface area contributed by atoms with Crippen LogP contribution < -0.4 is 10.5 Å². The van der Waals surface area contributed by atoms with E-state index in [9.17, 15) is 18.0 Å². The van der Waals surface area contributed by atoms with Gasteiger partial charge in [-0.15, -0.1) is 13.2 Å². The Balaban J connectivity index is 2.00. The maximum Gasteiger partial charge on any atom is 0.573 e. The van der Waals surface area contributed by atoms with E-state index in [0.29, 0.717) is 11.1 Å². The van der Waals surface area contributed by atoms with Crippen LogP contribution in [0.2, 0.25) is 0 Å². The third kappa shape index (κ3) is 3.92. The van der Waals surface area contributed by atoms with Gasteiger partial charge >= 0.3 is 6.36 Å². The van der Waals surface area contributed by atoms with Crippen molar-refractivity contribution in [2.24, 2.45) is 5.73 Å². The quantitative estimate of drug-likeness (QED) is 0.713. The van der Waals surface area contributed by atoms with Crippen LogP contribution in [-0.2, 0) is 0 Å². The predicted molar refractivity (Wildman–Crippen MR) is 89.4 cm³/mol.